The van der Waals surface area contributed by atoms with Crippen molar-refractivity contribution >= 4 is 17.5 Å². The van der Waals surface area contributed by atoms with Gasteiger partial charge < -0.3 is 15.2 Å². The smallest absolute Gasteiger partial charge is 0.239 e. The van der Waals surface area contributed by atoms with Crippen LogP contribution in [0.15, 0.2) is 18.2 Å². The summed E-state index contributed by atoms with van der Waals surface area (Å²) in [6.45, 7) is 0.976. The number of carbonyl (C=O) groups is 3. The highest BCUT2D eigenvalue weighted by Crippen LogP contribution is 2.29. The van der Waals surface area contributed by atoms with Crippen molar-refractivity contribution < 1.29 is 24.2 Å². The Balaban J connectivity index is 1.73. The van der Waals surface area contributed by atoms with Gasteiger partial charge in [0.2, 0.25) is 5.91 Å². The van der Waals surface area contributed by atoms with E-state index in [2.05, 4.69) is 5.32 Å². The Morgan fingerprint density at radius 2 is 2.05 bits per heavy atom. The van der Waals surface area contributed by atoms with Crippen molar-refractivity contribution in [2.75, 3.05) is 13.2 Å². The number of aromatic hydroxyl groups is 1. The molecule has 6 heteroatoms. The fourth-order valence-electron chi connectivity index (χ4n) is 2.74. The molecule has 1 aromatic carbocycles. The van der Waals surface area contributed by atoms with Crippen LogP contribution in [-0.4, -0.2) is 41.8 Å². The topological polar surface area (TPSA) is 92.7 Å². The maximum absolute atomic E-state index is 12.2. The largest absolute Gasteiger partial charge is 0.508 e. The minimum Gasteiger partial charge on any atom is -0.508 e. The Labute approximate surface area is 121 Å². The number of amides is 1. The standard InChI is InChI=1S/C15H15NO5/c17-8-3-4-10-11(6-8)14(19)12(13(10)18)15(20)16-7-9-2-1-5-21-9/h3-4,6,9,12,17H,1-2,5,7H2,(H,16,20). The predicted octanol–water partition coefficient (Wildman–Crippen LogP) is 0.683. The van der Waals surface area contributed by atoms with E-state index in [1.807, 2.05) is 0 Å². The molecule has 1 heterocycles. The van der Waals surface area contributed by atoms with Gasteiger partial charge in [0, 0.05) is 24.3 Å². The second-order valence-electron chi connectivity index (χ2n) is 5.27. The molecule has 1 saturated heterocycles. The number of nitrogens with one attached hydrogen (secondary N) is 1. The van der Waals surface area contributed by atoms with Crippen LogP contribution in [0.5, 0.6) is 5.75 Å². The number of hydrogen-bond donors (Lipinski definition) is 2. The quantitative estimate of drug-likeness (QED) is 0.798. The van der Waals surface area contributed by atoms with Gasteiger partial charge in [0.15, 0.2) is 17.5 Å². The Kier molecular flexibility index (Phi) is 3.47. The Hall–Kier alpha value is -2.21. The van der Waals surface area contributed by atoms with Crippen molar-refractivity contribution in [1.82, 2.24) is 5.32 Å². The summed E-state index contributed by atoms with van der Waals surface area (Å²) in [5.41, 5.74) is 0.298. The first-order valence-electron chi connectivity index (χ1n) is 6.88. The van der Waals surface area contributed by atoms with Gasteiger partial charge in [0.05, 0.1) is 6.10 Å². The Morgan fingerprint density at radius 3 is 2.76 bits per heavy atom. The van der Waals surface area contributed by atoms with Crippen LogP contribution in [0.4, 0.5) is 0 Å². The lowest BCUT2D eigenvalue weighted by molar-refractivity contribution is -0.122. The van der Waals surface area contributed by atoms with Crippen LogP contribution in [0.1, 0.15) is 33.6 Å². The molecule has 21 heavy (non-hydrogen) atoms. The summed E-state index contributed by atoms with van der Waals surface area (Å²) in [6.07, 6.45) is 1.76. The second-order valence-corrected chi connectivity index (χ2v) is 5.27. The third kappa shape index (κ3) is 2.42. The summed E-state index contributed by atoms with van der Waals surface area (Å²) in [4.78, 5) is 36.4. The number of Topliss-reactive ketones (excluding diaryl/α,β-unsaturated/α-hetero) is 2. The molecule has 2 atom stereocenters. The van der Waals surface area contributed by atoms with E-state index in [1.54, 1.807) is 0 Å². The first-order chi connectivity index (χ1) is 10.1. The fraction of sp³-hybridized carbons (Fsp3) is 0.400. The molecule has 6 nitrogen and oxygen atoms in total. The van der Waals surface area contributed by atoms with Gasteiger partial charge in [-0.15, -0.1) is 0 Å². The molecule has 2 unspecified atom stereocenters. The summed E-state index contributed by atoms with van der Waals surface area (Å²) in [6, 6.07) is 3.93. The van der Waals surface area contributed by atoms with E-state index in [9.17, 15) is 19.5 Å². The van der Waals surface area contributed by atoms with Crippen LogP contribution in [0, 0.1) is 5.92 Å². The van der Waals surface area contributed by atoms with Gasteiger partial charge in [-0.3, -0.25) is 14.4 Å². The zero-order valence-electron chi connectivity index (χ0n) is 11.3. The van der Waals surface area contributed by atoms with Gasteiger partial charge in [-0.25, -0.2) is 0 Å². The van der Waals surface area contributed by atoms with Gasteiger partial charge in [-0.2, -0.15) is 0 Å². The summed E-state index contributed by atoms with van der Waals surface area (Å²) >= 11 is 0. The lowest BCUT2D eigenvalue weighted by atomic mass is 10.0. The lowest BCUT2D eigenvalue weighted by Gasteiger charge is -2.12. The van der Waals surface area contributed by atoms with E-state index in [0.717, 1.165) is 12.8 Å². The number of carbonyl (C=O) groups excluding carboxylic acids is 3. The highest BCUT2D eigenvalue weighted by molar-refractivity contribution is 6.35. The zero-order chi connectivity index (χ0) is 15.0. The first-order valence-corrected chi connectivity index (χ1v) is 6.88. The number of fused-ring (bicyclic) bond motifs is 1. The van der Waals surface area contributed by atoms with E-state index in [0.29, 0.717) is 13.2 Å². The number of hydrogen-bond acceptors (Lipinski definition) is 5. The number of phenols is 1. The minimum absolute atomic E-state index is 0.0491. The molecule has 2 aliphatic rings. The molecular formula is C15H15NO5. The number of ketones is 2. The molecular weight excluding hydrogens is 274 g/mol. The molecule has 110 valence electrons. The Bertz CT molecular complexity index is 618. The van der Waals surface area contributed by atoms with Crippen LogP contribution in [-0.2, 0) is 9.53 Å². The molecule has 3 rings (SSSR count). The van der Waals surface area contributed by atoms with Gasteiger partial charge in [-0.05, 0) is 31.0 Å². The number of benzene rings is 1. The van der Waals surface area contributed by atoms with Gasteiger partial charge in [-0.1, -0.05) is 0 Å². The van der Waals surface area contributed by atoms with E-state index < -0.39 is 23.4 Å². The van der Waals surface area contributed by atoms with Crippen molar-refractivity contribution in [3.8, 4) is 5.75 Å². The number of ether oxygens (including phenoxy) is 1. The molecule has 1 aliphatic carbocycles. The summed E-state index contributed by atoms with van der Waals surface area (Å²) in [7, 11) is 0. The van der Waals surface area contributed by atoms with Crippen LogP contribution in [0.3, 0.4) is 0 Å². The van der Waals surface area contributed by atoms with Gasteiger partial charge >= 0.3 is 0 Å². The van der Waals surface area contributed by atoms with E-state index in [4.69, 9.17) is 4.74 Å². The molecule has 0 bridgehead atoms. The average Bonchev–Trinajstić information content (AvgIpc) is 3.05. The normalized spacial score (nSPS) is 24.2. The van der Waals surface area contributed by atoms with E-state index >= 15 is 0 Å². The summed E-state index contributed by atoms with van der Waals surface area (Å²) in [5, 5.41) is 12.0. The molecule has 1 aliphatic heterocycles. The summed E-state index contributed by atoms with van der Waals surface area (Å²) < 4.78 is 5.38. The van der Waals surface area contributed by atoms with Crippen LogP contribution in [0.2, 0.25) is 0 Å². The summed E-state index contributed by atoms with van der Waals surface area (Å²) in [5.74, 6) is -3.12. The van der Waals surface area contributed by atoms with Gasteiger partial charge in [0.25, 0.3) is 0 Å². The maximum Gasteiger partial charge on any atom is 0.239 e. The molecule has 1 amide bonds. The first kappa shape index (κ1) is 13.8. The molecule has 1 aromatic rings. The minimum atomic E-state index is -1.34. The zero-order valence-corrected chi connectivity index (χ0v) is 11.3. The SMILES string of the molecule is O=C(NCC1CCCO1)C1C(=O)c2ccc(O)cc2C1=O. The van der Waals surface area contributed by atoms with E-state index in [-0.39, 0.29) is 23.0 Å². The monoisotopic (exact) mass is 289 g/mol. The fourth-order valence-corrected chi connectivity index (χ4v) is 2.74. The molecule has 2 N–H and O–H groups in total. The lowest BCUT2D eigenvalue weighted by Crippen LogP contribution is -2.40. The molecule has 0 spiro atoms. The van der Waals surface area contributed by atoms with Crippen LogP contribution in [0.25, 0.3) is 0 Å². The second kappa shape index (κ2) is 5.29. The van der Waals surface area contributed by atoms with Crippen molar-refractivity contribution in [2.24, 2.45) is 5.92 Å². The third-order valence-corrected chi connectivity index (χ3v) is 3.85. The number of phenolic OH excluding ortho intramolecular Hbond substituents is 1. The maximum atomic E-state index is 12.2. The van der Waals surface area contributed by atoms with Crippen molar-refractivity contribution in [2.45, 2.75) is 18.9 Å². The Morgan fingerprint density at radius 1 is 1.29 bits per heavy atom. The third-order valence-electron chi connectivity index (χ3n) is 3.85. The van der Waals surface area contributed by atoms with Crippen molar-refractivity contribution in [1.29, 1.82) is 0 Å². The van der Waals surface area contributed by atoms with Crippen LogP contribution >= 0.6 is 0 Å². The predicted molar refractivity (Wildman–Crippen MR) is 72.2 cm³/mol. The van der Waals surface area contributed by atoms with Crippen molar-refractivity contribution in [3.05, 3.63) is 29.3 Å². The molecule has 0 saturated carbocycles. The highest BCUT2D eigenvalue weighted by Gasteiger charge is 2.43. The van der Waals surface area contributed by atoms with Gasteiger partial charge in [0.1, 0.15) is 5.75 Å². The molecule has 0 aromatic heterocycles. The molecule has 1 fully saturated rings. The van der Waals surface area contributed by atoms with Crippen LogP contribution < -0.4 is 5.32 Å². The molecule has 0 radical (unpaired) electrons. The number of rotatable bonds is 3. The van der Waals surface area contributed by atoms with Crippen molar-refractivity contribution in [3.63, 3.8) is 0 Å². The van der Waals surface area contributed by atoms with E-state index in [1.165, 1.54) is 18.2 Å². The highest BCUT2D eigenvalue weighted by atomic mass is 16.5. The average molecular weight is 289 g/mol.